The Labute approximate surface area is 158 Å². The van der Waals surface area contributed by atoms with Crippen LogP contribution in [0.3, 0.4) is 0 Å². The molecule has 3 rings (SSSR count). The fourth-order valence-corrected chi connectivity index (χ4v) is 2.58. The summed E-state index contributed by atoms with van der Waals surface area (Å²) < 4.78 is 40.2. The first-order valence-corrected chi connectivity index (χ1v) is 8.22. The van der Waals surface area contributed by atoms with Gasteiger partial charge in [-0.15, -0.1) is 5.10 Å². The molecule has 2 aromatic carbocycles. The lowest BCUT2D eigenvalue weighted by molar-refractivity contribution is -0.164. The van der Waals surface area contributed by atoms with Crippen molar-refractivity contribution in [2.75, 3.05) is 14.1 Å². The minimum Gasteiger partial charge on any atom is -0.383 e. The molecular weight excluding hydrogens is 371 g/mol. The molecule has 0 aliphatic heterocycles. The molecule has 0 saturated heterocycles. The van der Waals surface area contributed by atoms with Crippen LogP contribution in [0.2, 0.25) is 0 Å². The summed E-state index contributed by atoms with van der Waals surface area (Å²) in [6.07, 6.45) is -3.99. The van der Waals surface area contributed by atoms with Crippen molar-refractivity contribution in [3.8, 4) is 16.8 Å². The van der Waals surface area contributed by atoms with Crippen LogP contribution in [0.1, 0.15) is 5.82 Å². The summed E-state index contributed by atoms with van der Waals surface area (Å²) in [5, 5.41) is 10.9. The minimum atomic E-state index is -5.05. The van der Waals surface area contributed by atoms with Crippen LogP contribution in [0, 0.1) is 0 Å². The highest BCUT2D eigenvalue weighted by molar-refractivity contribution is 6.22. The molecule has 0 unspecified atom stereocenters. The van der Waals surface area contributed by atoms with Crippen LogP contribution in [0.25, 0.3) is 22.4 Å². The number of aromatic nitrogens is 4. The van der Waals surface area contributed by atoms with E-state index in [-0.39, 0.29) is 5.82 Å². The van der Waals surface area contributed by atoms with Crippen molar-refractivity contribution in [3.05, 3.63) is 66.6 Å². The molecule has 0 aliphatic rings. The molecule has 0 radical (unpaired) electrons. The van der Waals surface area contributed by atoms with E-state index >= 15 is 0 Å². The lowest BCUT2D eigenvalue weighted by atomic mass is 10.1. The van der Waals surface area contributed by atoms with Gasteiger partial charge in [0.05, 0.1) is 11.3 Å². The van der Waals surface area contributed by atoms with Gasteiger partial charge < -0.3 is 4.90 Å². The molecule has 6 nitrogen and oxygen atoms in total. The van der Waals surface area contributed by atoms with Gasteiger partial charge in [0.25, 0.3) is 5.78 Å². The Hall–Kier alpha value is -3.49. The Morgan fingerprint density at radius 1 is 1.00 bits per heavy atom. The Bertz CT molecular complexity index is 992. The summed E-state index contributed by atoms with van der Waals surface area (Å²) in [5.74, 6) is -2.30. The number of allylic oxidation sites excluding steroid dienone is 1. The average molecular weight is 387 g/mol. The van der Waals surface area contributed by atoms with Crippen LogP contribution < -0.4 is 0 Å². The second kappa shape index (κ2) is 7.63. The zero-order valence-electron chi connectivity index (χ0n) is 15.1. The topological polar surface area (TPSA) is 63.9 Å². The Morgan fingerprint density at radius 2 is 1.61 bits per heavy atom. The Morgan fingerprint density at radius 3 is 2.18 bits per heavy atom. The summed E-state index contributed by atoms with van der Waals surface area (Å²) in [6.45, 7) is 0. The Balaban J connectivity index is 2.02. The first-order chi connectivity index (χ1) is 13.3. The van der Waals surface area contributed by atoms with Gasteiger partial charge in [0.1, 0.15) is 0 Å². The molecule has 0 atom stereocenters. The maximum Gasteiger partial charge on any atom is 0.455 e. The number of alkyl halides is 3. The highest BCUT2D eigenvalue weighted by Gasteiger charge is 2.43. The summed E-state index contributed by atoms with van der Waals surface area (Å²) in [5.41, 5.74) is 1.70. The van der Waals surface area contributed by atoms with Gasteiger partial charge in [-0.3, -0.25) is 4.79 Å². The second-order valence-electron chi connectivity index (χ2n) is 6.16. The zero-order chi connectivity index (χ0) is 20.3. The number of carbonyl (C=O) groups is 1. The van der Waals surface area contributed by atoms with E-state index in [2.05, 4.69) is 15.5 Å². The number of ketones is 1. The van der Waals surface area contributed by atoms with Crippen molar-refractivity contribution >= 4 is 11.4 Å². The SMILES string of the molecule is CN(C)C=C(C(=O)C(F)(F)F)c1nnnn1-c1ccc(-c2ccccc2)cc1. The largest absolute Gasteiger partial charge is 0.455 e. The van der Waals surface area contributed by atoms with E-state index in [1.54, 1.807) is 24.3 Å². The van der Waals surface area contributed by atoms with Gasteiger partial charge in [0.15, 0.2) is 5.82 Å². The minimum absolute atomic E-state index is 0.288. The monoisotopic (exact) mass is 387 g/mol. The lowest BCUT2D eigenvalue weighted by Gasteiger charge is -2.13. The van der Waals surface area contributed by atoms with Crippen molar-refractivity contribution in [1.29, 1.82) is 0 Å². The molecule has 28 heavy (non-hydrogen) atoms. The third-order valence-corrected chi connectivity index (χ3v) is 3.82. The summed E-state index contributed by atoms with van der Waals surface area (Å²) in [7, 11) is 3.01. The number of benzene rings is 2. The number of nitrogens with zero attached hydrogens (tertiary/aromatic N) is 5. The lowest BCUT2D eigenvalue weighted by Crippen LogP contribution is -2.26. The van der Waals surface area contributed by atoms with Gasteiger partial charge in [-0.1, -0.05) is 42.5 Å². The van der Waals surface area contributed by atoms with Crippen molar-refractivity contribution < 1.29 is 18.0 Å². The van der Waals surface area contributed by atoms with E-state index in [1.807, 2.05) is 30.3 Å². The first kappa shape index (κ1) is 19.3. The molecule has 1 heterocycles. The van der Waals surface area contributed by atoms with Crippen LogP contribution in [0.15, 0.2) is 60.8 Å². The van der Waals surface area contributed by atoms with Crippen LogP contribution >= 0.6 is 0 Å². The standard InChI is InChI=1S/C19H16F3N5O/c1-26(2)12-16(17(28)19(20,21)22)18-23-24-25-27(18)15-10-8-14(9-11-15)13-6-4-3-5-7-13/h3-12H,1-2H3. The maximum atomic E-state index is 13.0. The maximum absolute atomic E-state index is 13.0. The van der Waals surface area contributed by atoms with Crippen LogP contribution in [-0.2, 0) is 4.79 Å². The van der Waals surface area contributed by atoms with Crippen LogP contribution in [0.5, 0.6) is 0 Å². The molecule has 0 N–H and O–H groups in total. The van der Waals surface area contributed by atoms with Gasteiger partial charge in [-0.2, -0.15) is 17.9 Å². The predicted octanol–water partition coefficient (Wildman–Crippen LogP) is 3.36. The third kappa shape index (κ3) is 4.08. The highest BCUT2D eigenvalue weighted by Crippen LogP contribution is 2.27. The van der Waals surface area contributed by atoms with Crippen molar-refractivity contribution in [2.24, 2.45) is 0 Å². The Kier molecular flexibility index (Phi) is 5.25. The van der Waals surface area contributed by atoms with E-state index < -0.39 is 17.5 Å². The molecule has 0 saturated carbocycles. The van der Waals surface area contributed by atoms with E-state index in [0.29, 0.717) is 5.69 Å². The van der Waals surface area contributed by atoms with Crippen LogP contribution in [-0.4, -0.2) is 51.2 Å². The average Bonchev–Trinajstić information content (AvgIpc) is 3.15. The summed E-state index contributed by atoms with van der Waals surface area (Å²) in [4.78, 5) is 13.2. The van der Waals surface area contributed by atoms with Crippen LogP contribution in [0.4, 0.5) is 13.2 Å². The van der Waals surface area contributed by atoms with E-state index in [1.165, 1.54) is 19.0 Å². The van der Waals surface area contributed by atoms with Gasteiger partial charge in [0.2, 0.25) is 0 Å². The number of carbonyl (C=O) groups excluding carboxylic acids is 1. The molecule has 0 fully saturated rings. The van der Waals surface area contributed by atoms with E-state index in [9.17, 15) is 18.0 Å². The number of halogens is 3. The van der Waals surface area contributed by atoms with E-state index in [4.69, 9.17) is 0 Å². The molecule has 0 bridgehead atoms. The first-order valence-electron chi connectivity index (χ1n) is 8.22. The molecule has 3 aromatic rings. The van der Waals surface area contributed by atoms with Gasteiger partial charge >= 0.3 is 6.18 Å². The fraction of sp³-hybridized carbons (Fsp3) is 0.158. The van der Waals surface area contributed by atoms with E-state index in [0.717, 1.165) is 22.0 Å². The normalized spacial score (nSPS) is 12.1. The quantitative estimate of drug-likeness (QED) is 0.628. The number of rotatable bonds is 5. The summed E-state index contributed by atoms with van der Waals surface area (Å²) in [6, 6.07) is 16.6. The number of Topliss-reactive ketones (excluding diaryl/α,β-unsaturated/α-hetero) is 1. The molecule has 144 valence electrons. The molecule has 9 heteroatoms. The smallest absolute Gasteiger partial charge is 0.383 e. The second-order valence-corrected chi connectivity index (χ2v) is 6.16. The molecule has 0 spiro atoms. The van der Waals surface area contributed by atoms with Gasteiger partial charge in [-0.05, 0) is 33.7 Å². The van der Waals surface area contributed by atoms with Crippen molar-refractivity contribution in [1.82, 2.24) is 25.1 Å². The molecule has 1 aromatic heterocycles. The van der Waals surface area contributed by atoms with Gasteiger partial charge in [-0.25, -0.2) is 0 Å². The third-order valence-electron chi connectivity index (χ3n) is 3.82. The number of hydrogen-bond acceptors (Lipinski definition) is 5. The van der Waals surface area contributed by atoms with Gasteiger partial charge in [0, 0.05) is 20.3 Å². The number of hydrogen-bond donors (Lipinski definition) is 0. The van der Waals surface area contributed by atoms with Crippen molar-refractivity contribution in [2.45, 2.75) is 6.18 Å². The molecule has 0 aliphatic carbocycles. The van der Waals surface area contributed by atoms with Crippen molar-refractivity contribution in [3.63, 3.8) is 0 Å². The molecule has 0 amide bonds. The highest BCUT2D eigenvalue weighted by atomic mass is 19.4. The number of tetrazole rings is 1. The zero-order valence-corrected chi connectivity index (χ0v) is 15.1. The predicted molar refractivity (Wildman–Crippen MR) is 97.3 cm³/mol. The molecular formula is C19H16F3N5O. The summed E-state index contributed by atoms with van der Waals surface area (Å²) >= 11 is 0. The fourth-order valence-electron chi connectivity index (χ4n) is 2.58.